The van der Waals surface area contributed by atoms with Crippen LogP contribution in [0.2, 0.25) is 0 Å². The Balaban J connectivity index is 1.69. The Kier molecular flexibility index (Phi) is 5.25. The van der Waals surface area contributed by atoms with Gasteiger partial charge in [-0.2, -0.15) is 0 Å². The summed E-state index contributed by atoms with van der Waals surface area (Å²) >= 11 is 1.38. The number of aromatic hydroxyl groups is 1. The number of carbonyl (C=O) groups excluding carboxylic acids is 1. The molecule has 2 aromatic rings. The number of phenols is 1. The number of nitrogens with zero attached hydrogens (tertiary/aromatic N) is 3. The van der Waals surface area contributed by atoms with Crippen LogP contribution in [0.4, 0.5) is 5.82 Å². The van der Waals surface area contributed by atoms with Crippen LogP contribution >= 0.6 is 11.8 Å². The molecule has 2 heterocycles. The molecule has 138 valence electrons. The number of thioether (sulfide) groups is 1. The third-order valence-corrected chi connectivity index (χ3v) is 5.79. The molecular weight excluding hydrogens is 358 g/mol. The fourth-order valence-corrected chi connectivity index (χ4v) is 4.56. The van der Waals surface area contributed by atoms with Crippen LogP contribution in [0.1, 0.15) is 37.7 Å². The molecule has 1 aliphatic heterocycles. The molecule has 6 heteroatoms. The lowest BCUT2D eigenvalue weighted by molar-refractivity contribution is -0.124. The first kappa shape index (κ1) is 17.8. The van der Waals surface area contributed by atoms with Crippen LogP contribution in [0.25, 0.3) is 6.08 Å². The molecule has 2 fully saturated rings. The molecule has 1 N–H and O–H groups in total. The monoisotopic (exact) mass is 379 g/mol. The number of aromatic nitrogens is 1. The van der Waals surface area contributed by atoms with Crippen LogP contribution in [0, 0.1) is 0 Å². The Bertz CT molecular complexity index is 889. The van der Waals surface area contributed by atoms with E-state index >= 15 is 0 Å². The topological polar surface area (TPSA) is 65.8 Å². The molecule has 0 unspecified atom stereocenters. The molecule has 27 heavy (non-hydrogen) atoms. The second-order valence-electron chi connectivity index (χ2n) is 6.75. The molecule has 1 amide bonds. The van der Waals surface area contributed by atoms with Gasteiger partial charge in [-0.05, 0) is 60.5 Å². The van der Waals surface area contributed by atoms with E-state index < -0.39 is 0 Å². The van der Waals surface area contributed by atoms with Crippen molar-refractivity contribution in [2.24, 2.45) is 4.99 Å². The van der Waals surface area contributed by atoms with Crippen molar-refractivity contribution in [1.82, 2.24) is 9.88 Å². The van der Waals surface area contributed by atoms with Crippen molar-refractivity contribution < 1.29 is 9.90 Å². The zero-order valence-corrected chi connectivity index (χ0v) is 15.7. The van der Waals surface area contributed by atoms with Crippen LogP contribution in [0.15, 0.2) is 58.6 Å². The first-order valence-corrected chi connectivity index (χ1v) is 10.0. The van der Waals surface area contributed by atoms with Gasteiger partial charge in [0, 0.05) is 12.2 Å². The highest BCUT2D eigenvalue weighted by Gasteiger charge is 2.38. The molecule has 1 saturated carbocycles. The highest BCUT2D eigenvalue weighted by Crippen LogP contribution is 2.38. The first-order valence-electron chi connectivity index (χ1n) is 9.22. The van der Waals surface area contributed by atoms with Crippen molar-refractivity contribution in [3.05, 3.63) is 59.1 Å². The van der Waals surface area contributed by atoms with Gasteiger partial charge in [-0.1, -0.05) is 37.5 Å². The standard InChI is InChI=1S/C21H21N3O2S/c25-17-10-6-7-15(13-17)14-18-20(26)24(16-8-2-1-3-9-16)21(27-18)23-19-11-4-5-12-22-19/h4-7,10-14,16,25H,1-3,8-9H2/b18-14-,23-21+. The van der Waals surface area contributed by atoms with Crippen molar-refractivity contribution in [1.29, 1.82) is 0 Å². The molecule has 1 aromatic carbocycles. The second-order valence-corrected chi connectivity index (χ2v) is 7.76. The lowest BCUT2D eigenvalue weighted by Gasteiger charge is -2.30. The number of hydrogen-bond acceptors (Lipinski definition) is 5. The fraction of sp³-hybridized carbons (Fsp3) is 0.286. The SMILES string of the molecule is O=C1/C(=C/c2cccc(O)c2)S/C(=N/c2ccccn2)N1C1CCCCC1. The summed E-state index contributed by atoms with van der Waals surface area (Å²) in [4.78, 5) is 24.6. The number of pyridine rings is 1. The summed E-state index contributed by atoms with van der Waals surface area (Å²) in [6.45, 7) is 0. The number of carbonyl (C=O) groups is 1. The van der Waals surface area contributed by atoms with E-state index in [1.54, 1.807) is 24.4 Å². The summed E-state index contributed by atoms with van der Waals surface area (Å²) in [7, 11) is 0. The quantitative estimate of drug-likeness (QED) is 0.784. The van der Waals surface area contributed by atoms with Crippen molar-refractivity contribution >= 4 is 34.7 Å². The lowest BCUT2D eigenvalue weighted by Crippen LogP contribution is -2.40. The number of aliphatic imine (C=N–C) groups is 1. The van der Waals surface area contributed by atoms with Crippen LogP contribution in [-0.4, -0.2) is 32.1 Å². The number of benzene rings is 1. The minimum atomic E-state index is -0.00933. The molecule has 1 aromatic heterocycles. The van der Waals surface area contributed by atoms with E-state index in [1.165, 1.54) is 18.2 Å². The molecule has 0 radical (unpaired) electrons. The normalized spacial score (nSPS) is 21.3. The smallest absolute Gasteiger partial charge is 0.267 e. The van der Waals surface area contributed by atoms with Crippen molar-refractivity contribution in [2.75, 3.05) is 0 Å². The van der Waals surface area contributed by atoms with Crippen molar-refractivity contribution in [2.45, 2.75) is 38.1 Å². The summed E-state index contributed by atoms with van der Waals surface area (Å²) in [5.74, 6) is 0.781. The Morgan fingerprint density at radius 3 is 2.74 bits per heavy atom. The lowest BCUT2D eigenvalue weighted by atomic mass is 9.94. The van der Waals surface area contributed by atoms with Gasteiger partial charge in [0.15, 0.2) is 11.0 Å². The van der Waals surface area contributed by atoms with Crippen LogP contribution in [0.5, 0.6) is 5.75 Å². The van der Waals surface area contributed by atoms with E-state index in [4.69, 9.17) is 0 Å². The maximum absolute atomic E-state index is 13.2. The summed E-state index contributed by atoms with van der Waals surface area (Å²) in [5.41, 5.74) is 0.800. The van der Waals surface area contributed by atoms with Crippen LogP contribution in [0.3, 0.4) is 0 Å². The molecular formula is C21H21N3O2S. The van der Waals surface area contributed by atoms with E-state index in [1.807, 2.05) is 35.2 Å². The van der Waals surface area contributed by atoms with Gasteiger partial charge >= 0.3 is 0 Å². The molecule has 4 rings (SSSR count). The maximum Gasteiger partial charge on any atom is 0.267 e. The van der Waals surface area contributed by atoms with Gasteiger partial charge in [-0.3, -0.25) is 9.69 Å². The zero-order valence-electron chi connectivity index (χ0n) is 14.9. The predicted molar refractivity (Wildman–Crippen MR) is 109 cm³/mol. The molecule has 1 aliphatic carbocycles. The Labute approximate surface area is 162 Å². The van der Waals surface area contributed by atoms with E-state index in [-0.39, 0.29) is 17.7 Å². The second kappa shape index (κ2) is 7.96. The molecule has 0 bridgehead atoms. The maximum atomic E-state index is 13.2. The number of hydrogen-bond donors (Lipinski definition) is 1. The van der Waals surface area contributed by atoms with Crippen molar-refractivity contribution in [3.8, 4) is 5.75 Å². The van der Waals surface area contributed by atoms with Gasteiger partial charge in [0.05, 0.1) is 4.91 Å². The minimum absolute atomic E-state index is 0.00933. The van der Waals surface area contributed by atoms with Gasteiger partial charge < -0.3 is 5.11 Å². The third-order valence-electron chi connectivity index (χ3n) is 4.80. The summed E-state index contributed by atoms with van der Waals surface area (Å²) in [6.07, 6.45) is 9.05. The Hall–Kier alpha value is -2.60. The van der Waals surface area contributed by atoms with E-state index in [0.717, 1.165) is 31.2 Å². The number of phenolic OH excluding ortho intramolecular Hbond substituents is 1. The highest BCUT2D eigenvalue weighted by atomic mass is 32.2. The van der Waals surface area contributed by atoms with Gasteiger partial charge in [-0.15, -0.1) is 0 Å². The van der Waals surface area contributed by atoms with Crippen LogP contribution in [-0.2, 0) is 4.79 Å². The largest absolute Gasteiger partial charge is 0.508 e. The minimum Gasteiger partial charge on any atom is -0.508 e. The fourth-order valence-electron chi connectivity index (χ4n) is 3.51. The summed E-state index contributed by atoms with van der Waals surface area (Å²) < 4.78 is 0. The van der Waals surface area contributed by atoms with Crippen molar-refractivity contribution in [3.63, 3.8) is 0 Å². The molecule has 0 spiro atoms. The van der Waals surface area contributed by atoms with E-state index in [0.29, 0.717) is 15.9 Å². The molecule has 0 atom stereocenters. The summed E-state index contributed by atoms with van der Waals surface area (Å²) in [6, 6.07) is 12.7. The van der Waals surface area contributed by atoms with Gasteiger partial charge in [0.1, 0.15) is 5.75 Å². The number of amides is 1. The van der Waals surface area contributed by atoms with E-state index in [9.17, 15) is 9.90 Å². The molecule has 1 saturated heterocycles. The molecule has 2 aliphatic rings. The third kappa shape index (κ3) is 4.06. The summed E-state index contributed by atoms with van der Waals surface area (Å²) in [5, 5.41) is 10.4. The van der Waals surface area contributed by atoms with Gasteiger partial charge in [0.2, 0.25) is 0 Å². The highest BCUT2D eigenvalue weighted by molar-refractivity contribution is 8.18. The number of amidine groups is 1. The average molecular weight is 379 g/mol. The van der Waals surface area contributed by atoms with Gasteiger partial charge in [0.25, 0.3) is 5.91 Å². The predicted octanol–water partition coefficient (Wildman–Crippen LogP) is 4.72. The Morgan fingerprint density at radius 1 is 1.15 bits per heavy atom. The first-order chi connectivity index (χ1) is 13.2. The van der Waals surface area contributed by atoms with Gasteiger partial charge in [-0.25, -0.2) is 9.98 Å². The average Bonchev–Trinajstić information content (AvgIpc) is 2.98. The zero-order chi connectivity index (χ0) is 18.6. The Morgan fingerprint density at radius 2 is 2.00 bits per heavy atom. The number of rotatable bonds is 3. The van der Waals surface area contributed by atoms with Crippen LogP contribution < -0.4 is 0 Å². The van der Waals surface area contributed by atoms with E-state index in [2.05, 4.69) is 9.98 Å². The molecule has 5 nitrogen and oxygen atoms in total.